The molecule has 6 atom stereocenters. The number of carbonyl (C=O) groups is 4. The first-order valence-corrected chi connectivity index (χ1v) is 16.6. The number of likely N-dealkylation sites (tertiary alicyclic amines) is 2. The molecule has 3 fully saturated rings. The first kappa shape index (κ1) is 31.5. The van der Waals surface area contributed by atoms with E-state index in [0.29, 0.717) is 31.4 Å². The third-order valence-corrected chi connectivity index (χ3v) is 10.6. The summed E-state index contributed by atoms with van der Waals surface area (Å²) in [6.07, 6.45) is 3.52. The van der Waals surface area contributed by atoms with Gasteiger partial charge in [0.1, 0.15) is 11.5 Å². The molecule has 248 valence electrons. The number of hydrogen-bond donors (Lipinski definition) is 3. The zero-order chi connectivity index (χ0) is 33.7. The molecule has 4 amide bonds. The van der Waals surface area contributed by atoms with Crippen LogP contribution in [-0.2, 0) is 32.0 Å². The van der Waals surface area contributed by atoms with Crippen molar-refractivity contribution in [1.29, 1.82) is 0 Å². The SMILES string of the molecule is CCOc1cc([C@H]2C3=CC[C@@H]4C(=O)N(CCc5ccc(O)cc5)C(=O)[C@@H]4[C@@H]3C[C@H]3C(=O)N(CCc4ccc(O)cc4)C(=O)[C@@H]23)ccc1O. The van der Waals surface area contributed by atoms with E-state index in [1.807, 2.05) is 13.0 Å². The zero-order valence-corrected chi connectivity index (χ0v) is 26.6. The van der Waals surface area contributed by atoms with E-state index in [1.54, 1.807) is 60.7 Å². The number of rotatable bonds is 9. The van der Waals surface area contributed by atoms with E-state index in [2.05, 4.69) is 0 Å². The van der Waals surface area contributed by atoms with Gasteiger partial charge >= 0.3 is 0 Å². The van der Waals surface area contributed by atoms with Crippen LogP contribution in [0, 0.1) is 29.6 Å². The number of phenolic OH excluding ortho intramolecular Hbond substituents is 3. The van der Waals surface area contributed by atoms with Crippen molar-refractivity contribution in [3.05, 3.63) is 95.1 Å². The number of amides is 4. The number of nitrogens with zero attached hydrogens (tertiary/aromatic N) is 2. The van der Waals surface area contributed by atoms with Crippen LogP contribution in [0.5, 0.6) is 23.0 Å². The largest absolute Gasteiger partial charge is 0.508 e. The second-order valence-corrected chi connectivity index (χ2v) is 13.2. The predicted molar refractivity (Wildman–Crippen MR) is 174 cm³/mol. The van der Waals surface area contributed by atoms with Crippen LogP contribution in [0.25, 0.3) is 0 Å². The summed E-state index contributed by atoms with van der Waals surface area (Å²) in [5.41, 5.74) is 3.36. The van der Waals surface area contributed by atoms with Crippen molar-refractivity contribution < 1.29 is 39.2 Å². The van der Waals surface area contributed by atoms with E-state index in [-0.39, 0.29) is 66.1 Å². The average molecular weight is 651 g/mol. The van der Waals surface area contributed by atoms with Gasteiger partial charge < -0.3 is 20.1 Å². The first-order valence-electron chi connectivity index (χ1n) is 16.6. The highest BCUT2D eigenvalue weighted by atomic mass is 16.5. The lowest BCUT2D eigenvalue weighted by molar-refractivity contribution is -0.142. The molecule has 10 heteroatoms. The van der Waals surface area contributed by atoms with Gasteiger partial charge in [0.05, 0.1) is 30.3 Å². The molecule has 2 saturated heterocycles. The Balaban J connectivity index is 1.21. The van der Waals surface area contributed by atoms with Gasteiger partial charge in [0.25, 0.3) is 0 Å². The number of ether oxygens (including phenoxy) is 1. The van der Waals surface area contributed by atoms with Gasteiger partial charge in [0, 0.05) is 19.0 Å². The van der Waals surface area contributed by atoms with E-state index < -0.39 is 35.5 Å². The van der Waals surface area contributed by atoms with Crippen molar-refractivity contribution in [2.75, 3.05) is 19.7 Å². The van der Waals surface area contributed by atoms with Crippen LogP contribution >= 0.6 is 0 Å². The lowest BCUT2D eigenvalue weighted by Crippen LogP contribution is -2.43. The maximum absolute atomic E-state index is 14.2. The lowest BCUT2D eigenvalue weighted by atomic mass is 9.57. The number of imide groups is 2. The van der Waals surface area contributed by atoms with Crippen molar-refractivity contribution >= 4 is 23.6 Å². The Kier molecular flexibility index (Phi) is 8.19. The molecule has 2 heterocycles. The van der Waals surface area contributed by atoms with Gasteiger partial charge in [0.2, 0.25) is 23.6 Å². The molecule has 0 spiro atoms. The third-order valence-electron chi connectivity index (χ3n) is 10.6. The van der Waals surface area contributed by atoms with Gasteiger partial charge in [0.15, 0.2) is 11.5 Å². The number of aromatic hydroxyl groups is 3. The van der Waals surface area contributed by atoms with Crippen LogP contribution in [0.3, 0.4) is 0 Å². The number of phenols is 3. The summed E-state index contributed by atoms with van der Waals surface area (Å²) < 4.78 is 5.70. The standard InChI is InChI=1S/C38H38N2O8/c1-2-48-31-19-23(7-14-30(31)43)32-26-12-13-27-33(37(46)39(35(27)44)17-15-21-3-8-24(41)9-4-21)28(26)20-29-34(32)38(47)40(36(29)45)18-16-22-5-10-25(42)11-6-22/h3-12,14,19,27-29,32-34,41-43H,2,13,15-18,20H2,1H3/t27-,28+,29+,32-,33-,34+/m0/s1. The molecule has 2 aliphatic carbocycles. The summed E-state index contributed by atoms with van der Waals surface area (Å²) in [5, 5.41) is 29.8. The van der Waals surface area contributed by atoms with Crippen LogP contribution in [0.15, 0.2) is 78.4 Å². The smallest absolute Gasteiger partial charge is 0.234 e. The summed E-state index contributed by atoms with van der Waals surface area (Å²) in [5.74, 6) is -4.02. The monoisotopic (exact) mass is 650 g/mol. The highest BCUT2D eigenvalue weighted by Gasteiger charge is 2.61. The highest BCUT2D eigenvalue weighted by Crippen LogP contribution is 2.58. The fraction of sp³-hybridized carbons (Fsp3) is 0.368. The maximum atomic E-state index is 14.2. The van der Waals surface area contributed by atoms with E-state index in [0.717, 1.165) is 16.7 Å². The topological polar surface area (TPSA) is 145 Å². The van der Waals surface area contributed by atoms with Crippen LogP contribution in [0.1, 0.15) is 42.4 Å². The summed E-state index contributed by atoms with van der Waals surface area (Å²) in [7, 11) is 0. The van der Waals surface area contributed by atoms with E-state index in [9.17, 15) is 34.5 Å². The Morgan fingerprint density at radius 1 is 0.688 bits per heavy atom. The van der Waals surface area contributed by atoms with Gasteiger partial charge in [-0.05, 0) is 91.6 Å². The minimum absolute atomic E-state index is 0.0348. The van der Waals surface area contributed by atoms with Crippen molar-refractivity contribution in [3.63, 3.8) is 0 Å². The Morgan fingerprint density at radius 3 is 1.83 bits per heavy atom. The number of hydrogen-bond acceptors (Lipinski definition) is 8. The molecule has 2 aliphatic heterocycles. The normalized spacial score (nSPS) is 26.3. The quantitative estimate of drug-likeness (QED) is 0.230. The number of carbonyl (C=O) groups excluding carboxylic acids is 4. The van der Waals surface area contributed by atoms with Crippen LogP contribution in [0.4, 0.5) is 0 Å². The minimum Gasteiger partial charge on any atom is -0.508 e. The fourth-order valence-corrected chi connectivity index (χ4v) is 8.34. The maximum Gasteiger partial charge on any atom is 0.234 e. The first-order chi connectivity index (χ1) is 23.2. The van der Waals surface area contributed by atoms with Crippen LogP contribution in [-0.4, -0.2) is 68.4 Å². The Bertz CT molecular complexity index is 1800. The molecule has 3 aromatic rings. The molecule has 3 N–H and O–H groups in total. The van der Waals surface area contributed by atoms with Gasteiger partial charge in [-0.2, -0.15) is 0 Å². The molecule has 10 nitrogen and oxygen atoms in total. The summed E-state index contributed by atoms with van der Waals surface area (Å²) in [6, 6.07) is 18.3. The van der Waals surface area contributed by atoms with Gasteiger partial charge in [-0.3, -0.25) is 29.0 Å². The molecule has 7 rings (SSSR count). The Morgan fingerprint density at radius 2 is 1.25 bits per heavy atom. The molecular weight excluding hydrogens is 612 g/mol. The Labute approximate surface area is 278 Å². The third kappa shape index (κ3) is 5.38. The lowest BCUT2D eigenvalue weighted by Gasteiger charge is -2.44. The predicted octanol–water partition coefficient (Wildman–Crippen LogP) is 4.32. The minimum atomic E-state index is -0.701. The molecular formula is C38H38N2O8. The molecule has 0 radical (unpaired) electrons. The number of allylic oxidation sites excluding steroid dienone is 2. The summed E-state index contributed by atoms with van der Waals surface area (Å²) >= 11 is 0. The van der Waals surface area contributed by atoms with Crippen molar-refractivity contribution in [2.45, 2.75) is 38.5 Å². The second kappa shape index (κ2) is 12.5. The van der Waals surface area contributed by atoms with E-state index in [1.165, 1.54) is 15.9 Å². The zero-order valence-electron chi connectivity index (χ0n) is 26.6. The second-order valence-electron chi connectivity index (χ2n) is 13.2. The highest BCUT2D eigenvalue weighted by molar-refractivity contribution is 6.08. The molecule has 1 saturated carbocycles. The fourth-order valence-electron chi connectivity index (χ4n) is 8.34. The van der Waals surface area contributed by atoms with Gasteiger partial charge in [-0.25, -0.2) is 0 Å². The summed E-state index contributed by atoms with van der Waals surface area (Å²) in [6.45, 7) is 2.52. The average Bonchev–Trinajstić information content (AvgIpc) is 3.47. The number of benzene rings is 3. The summed E-state index contributed by atoms with van der Waals surface area (Å²) in [4.78, 5) is 58.8. The van der Waals surface area contributed by atoms with Gasteiger partial charge in [-0.1, -0.05) is 42.0 Å². The molecule has 0 bridgehead atoms. The van der Waals surface area contributed by atoms with Gasteiger partial charge in [-0.15, -0.1) is 0 Å². The van der Waals surface area contributed by atoms with Crippen molar-refractivity contribution in [3.8, 4) is 23.0 Å². The Hall–Kier alpha value is -5.12. The van der Waals surface area contributed by atoms with Crippen molar-refractivity contribution in [2.24, 2.45) is 29.6 Å². The molecule has 0 aromatic heterocycles. The molecule has 3 aromatic carbocycles. The van der Waals surface area contributed by atoms with E-state index in [4.69, 9.17) is 4.74 Å². The molecule has 48 heavy (non-hydrogen) atoms. The van der Waals surface area contributed by atoms with Crippen molar-refractivity contribution in [1.82, 2.24) is 9.80 Å². The van der Waals surface area contributed by atoms with Crippen LogP contribution in [0.2, 0.25) is 0 Å². The number of fused-ring (bicyclic) bond motifs is 4. The molecule has 0 unspecified atom stereocenters. The molecule has 4 aliphatic rings. The van der Waals surface area contributed by atoms with E-state index >= 15 is 0 Å². The van der Waals surface area contributed by atoms with Crippen LogP contribution < -0.4 is 4.74 Å².